The van der Waals surface area contributed by atoms with Gasteiger partial charge in [0.25, 0.3) is 0 Å². The maximum absolute atomic E-state index is 13.5. The van der Waals surface area contributed by atoms with Crippen LogP contribution in [-0.4, -0.2) is 85.6 Å². The van der Waals surface area contributed by atoms with Crippen molar-refractivity contribution in [2.45, 2.75) is 51.4 Å². The molecule has 0 aromatic heterocycles. The lowest BCUT2D eigenvalue weighted by Crippen LogP contribution is -2.73. The lowest BCUT2D eigenvalue weighted by Gasteiger charge is -2.47. The topological polar surface area (TPSA) is 132 Å². The van der Waals surface area contributed by atoms with Crippen LogP contribution in [0.5, 0.6) is 0 Å². The van der Waals surface area contributed by atoms with Gasteiger partial charge in [-0.1, -0.05) is 12.1 Å². The van der Waals surface area contributed by atoms with Crippen LogP contribution < -0.4 is 0 Å². The summed E-state index contributed by atoms with van der Waals surface area (Å²) in [6.07, 6.45) is -4.97. The summed E-state index contributed by atoms with van der Waals surface area (Å²) >= 11 is 0. The molecule has 5 atom stereocenters. The zero-order valence-corrected chi connectivity index (χ0v) is 18.9. The molecular formula is C22H26NO10+. The Morgan fingerprint density at radius 2 is 1.42 bits per heavy atom. The molecule has 5 unspecified atom stereocenters. The van der Waals surface area contributed by atoms with Crippen molar-refractivity contribution >= 4 is 29.7 Å². The van der Waals surface area contributed by atoms with E-state index >= 15 is 0 Å². The number of benzene rings is 1. The number of fused-ring (bicyclic) bond motifs is 1. The molecule has 1 saturated heterocycles. The minimum Gasteiger partial charge on any atom is -0.463 e. The summed E-state index contributed by atoms with van der Waals surface area (Å²) in [5, 5.41) is 0. The highest BCUT2D eigenvalue weighted by molar-refractivity contribution is 6.13. The summed E-state index contributed by atoms with van der Waals surface area (Å²) in [5.41, 5.74) is 0.403. The fraction of sp³-hybridized carbons (Fsp3) is 0.500. The number of quaternary nitrogens is 1. The molecule has 0 saturated carbocycles. The van der Waals surface area contributed by atoms with Crippen molar-refractivity contribution in [3.63, 3.8) is 0 Å². The van der Waals surface area contributed by atoms with Gasteiger partial charge in [-0.15, -0.1) is 0 Å². The molecule has 178 valence electrons. The van der Waals surface area contributed by atoms with Crippen molar-refractivity contribution in [2.24, 2.45) is 0 Å². The van der Waals surface area contributed by atoms with Gasteiger partial charge in [-0.05, 0) is 12.1 Å². The molecule has 0 radical (unpaired) electrons. The highest BCUT2D eigenvalue weighted by atomic mass is 16.7. The minimum absolute atomic E-state index is 0.201. The Balaban J connectivity index is 2.12. The second-order valence-corrected chi connectivity index (χ2v) is 7.95. The number of imide groups is 1. The monoisotopic (exact) mass is 464 g/mol. The fourth-order valence-electron chi connectivity index (χ4n) is 4.34. The van der Waals surface area contributed by atoms with Gasteiger partial charge in [-0.25, -0.2) is 9.59 Å². The smallest absolute Gasteiger partial charge is 0.354 e. The number of rotatable bonds is 6. The first kappa shape index (κ1) is 24.5. The van der Waals surface area contributed by atoms with Crippen LogP contribution in [-0.2, 0) is 38.1 Å². The number of ether oxygens (including phenoxy) is 5. The quantitative estimate of drug-likeness (QED) is 0.255. The van der Waals surface area contributed by atoms with Gasteiger partial charge in [0.2, 0.25) is 6.29 Å². The molecule has 1 aromatic rings. The van der Waals surface area contributed by atoms with Crippen molar-refractivity contribution in [1.82, 2.24) is 0 Å². The van der Waals surface area contributed by atoms with Gasteiger partial charge in [-0.2, -0.15) is 4.48 Å². The van der Waals surface area contributed by atoms with E-state index in [0.29, 0.717) is 0 Å². The largest absolute Gasteiger partial charge is 0.463 e. The molecule has 2 aliphatic heterocycles. The molecule has 0 N–H and O–H groups in total. The van der Waals surface area contributed by atoms with Crippen LogP contribution in [0.25, 0.3) is 0 Å². The van der Waals surface area contributed by atoms with E-state index in [-0.39, 0.29) is 17.7 Å². The van der Waals surface area contributed by atoms with Gasteiger partial charge in [0, 0.05) is 27.9 Å². The maximum atomic E-state index is 13.5. The summed E-state index contributed by atoms with van der Waals surface area (Å²) in [4.78, 5) is 62.3. The van der Waals surface area contributed by atoms with Crippen LogP contribution >= 0.6 is 0 Å². The van der Waals surface area contributed by atoms with E-state index in [4.69, 9.17) is 23.7 Å². The first-order chi connectivity index (χ1) is 15.5. The molecule has 2 aliphatic rings. The summed E-state index contributed by atoms with van der Waals surface area (Å²) in [6.45, 7) is 3.13. The molecule has 3 rings (SSSR count). The highest BCUT2D eigenvalue weighted by Gasteiger charge is 2.66. The first-order valence-corrected chi connectivity index (χ1v) is 10.2. The number of likely N-dealkylation sites (N-methyl/N-ethyl adjacent to an activating group) is 1. The Labute approximate surface area is 190 Å². The molecule has 0 bridgehead atoms. The van der Waals surface area contributed by atoms with Gasteiger partial charge < -0.3 is 23.7 Å². The summed E-state index contributed by atoms with van der Waals surface area (Å²) in [7, 11) is 2.67. The Kier molecular flexibility index (Phi) is 6.96. The molecule has 33 heavy (non-hydrogen) atoms. The maximum Gasteiger partial charge on any atom is 0.354 e. The van der Waals surface area contributed by atoms with Crippen LogP contribution in [0.4, 0.5) is 0 Å². The van der Waals surface area contributed by atoms with Crippen molar-refractivity contribution < 1.29 is 52.1 Å². The van der Waals surface area contributed by atoms with Gasteiger partial charge >= 0.3 is 29.7 Å². The minimum atomic E-state index is -1.34. The van der Waals surface area contributed by atoms with Crippen LogP contribution in [0.15, 0.2) is 24.3 Å². The number of hydrogen-bond acceptors (Lipinski definition) is 10. The van der Waals surface area contributed by atoms with Gasteiger partial charge in [-0.3, -0.25) is 14.4 Å². The summed E-state index contributed by atoms with van der Waals surface area (Å²) in [5.74, 6) is -3.19. The van der Waals surface area contributed by atoms with Gasteiger partial charge in [0.05, 0.1) is 18.2 Å². The summed E-state index contributed by atoms with van der Waals surface area (Å²) < 4.78 is 26.5. The van der Waals surface area contributed by atoms with Crippen LogP contribution in [0.3, 0.4) is 0 Å². The second-order valence-electron chi connectivity index (χ2n) is 7.95. The lowest BCUT2D eigenvalue weighted by molar-refractivity contribution is -0.790. The van der Waals surface area contributed by atoms with E-state index in [1.165, 1.54) is 33.2 Å². The Morgan fingerprint density at radius 3 is 1.88 bits per heavy atom. The molecule has 2 heterocycles. The number of amides is 2. The van der Waals surface area contributed by atoms with Crippen molar-refractivity contribution in [1.29, 1.82) is 0 Å². The number of nitrogens with zero attached hydrogens (tertiary/aromatic N) is 1. The van der Waals surface area contributed by atoms with Crippen LogP contribution in [0.1, 0.15) is 41.5 Å². The van der Waals surface area contributed by atoms with E-state index in [0.717, 1.165) is 13.8 Å². The van der Waals surface area contributed by atoms with E-state index in [1.807, 2.05) is 0 Å². The third kappa shape index (κ3) is 4.39. The SMILES string of the molecule is COC1OC(COC(C)=O)C(OC(C)=O)C(OC(C)=O)C1[N+]1(C)C(=O)c2ccccc2C1=O. The van der Waals surface area contributed by atoms with E-state index < -0.39 is 64.8 Å². The molecule has 1 fully saturated rings. The Hall–Kier alpha value is -3.15. The van der Waals surface area contributed by atoms with E-state index in [1.54, 1.807) is 12.1 Å². The van der Waals surface area contributed by atoms with E-state index in [2.05, 4.69) is 0 Å². The standard InChI is InChI=1S/C22H26NO10/c1-11(24)30-10-16-18(31-12(2)25)19(32-13(3)26)17(22(29-5)33-16)23(4)20(27)14-8-6-7-9-15(14)21(23)28/h6-9,16-19,22H,10H2,1-5H3/q+1. The Bertz CT molecular complexity index is 954. The van der Waals surface area contributed by atoms with Crippen molar-refractivity contribution in [3.05, 3.63) is 35.4 Å². The molecule has 0 spiro atoms. The normalized spacial score (nSPS) is 28.1. The first-order valence-electron chi connectivity index (χ1n) is 10.2. The molecular weight excluding hydrogens is 438 g/mol. The molecule has 2 amide bonds. The van der Waals surface area contributed by atoms with Gasteiger partial charge in [0.1, 0.15) is 12.7 Å². The van der Waals surface area contributed by atoms with E-state index in [9.17, 15) is 24.0 Å². The average Bonchev–Trinajstić information content (AvgIpc) is 2.94. The van der Waals surface area contributed by atoms with Crippen LogP contribution in [0, 0.1) is 0 Å². The molecule has 0 aliphatic carbocycles. The number of carbonyl (C=O) groups excluding carboxylic acids is 5. The van der Waals surface area contributed by atoms with Crippen molar-refractivity contribution in [2.75, 3.05) is 20.8 Å². The van der Waals surface area contributed by atoms with Crippen molar-refractivity contribution in [3.8, 4) is 0 Å². The second kappa shape index (κ2) is 9.38. The number of esters is 3. The fourth-order valence-corrected chi connectivity index (χ4v) is 4.34. The zero-order chi connectivity index (χ0) is 24.5. The third-order valence-electron chi connectivity index (χ3n) is 5.73. The average molecular weight is 464 g/mol. The van der Waals surface area contributed by atoms with Gasteiger partial charge in [0.15, 0.2) is 18.2 Å². The molecule has 11 nitrogen and oxygen atoms in total. The third-order valence-corrected chi connectivity index (χ3v) is 5.73. The Morgan fingerprint density at radius 1 is 0.909 bits per heavy atom. The highest BCUT2D eigenvalue weighted by Crippen LogP contribution is 2.39. The molecule has 11 heteroatoms. The summed E-state index contributed by atoms with van der Waals surface area (Å²) in [6, 6.07) is 5.08. The lowest BCUT2D eigenvalue weighted by atomic mass is 9.93. The van der Waals surface area contributed by atoms with Crippen LogP contribution in [0.2, 0.25) is 0 Å². The predicted octanol–water partition coefficient (Wildman–Crippen LogP) is 0.594. The number of hydrogen-bond donors (Lipinski definition) is 0. The predicted molar refractivity (Wildman–Crippen MR) is 108 cm³/mol. The number of methoxy groups -OCH3 is 1. The molecule has 1 aromatic carbocycles. The zero-order valence-electron chi connectivity index (χ0n) is 18.9. The number of carbonyl (C=O) groups is 5.